The zero-order valence-electron chi connectivity index (χ0n) is 19.0. The average molecular weight is 436 g/mol. The van der Waals surface area contributed by atoms with E-state index >= 15 is 0 Å². The molecule has 2 aromatic heterocycles. The predicted molar refractivity (Wildman–Crippen MR) is 124 cm³/mol. The van der Waals surface area contributed by atoms with Crippen LogP contribution < -0.4 is 10.1 Å². The Morgan fingerprint density at radius 2 is 2.09 bits per heavy atom. The van der Waals surface area contributed by atoms with Gasteiger partial charge in [-0.25, -0.2) is 9.97 Å². The summed E-state index contributed by atoms with van der Waals surface area (Å²) in [5, 5.41) is 4.52. The first kappa shape index (κ1) is 20.9. The van der Waals surface area contributed by atoms with Crippen LogP contribution in [0.25, 0.3) is 11.0 Å². The molecule has 1 aliphatic heterocycles. The Balaban J connectivity index is 1.58. The summed E-state index contributed by atoms with van der Waals surface area (Å²) in [5.74, 6) is 1.55. The van der Waals surface area contributed by atoms with Crippen LogP contribution in [-0.4, -0.2) is 53.7 Å². The monoisotopic (exact) mass is 435 g/mol. The number of methoxy groups -OCH3 is 2. The summed E-state index contributed by atoms with van der Waals surface area (Å²) in [6.07, 6.45) is 6.05. The van der Waals surface area contributed by atoms with Crippen molar-refractivity contribution in [1.82, 2.24) is 15.0 Å². The van der Waals surface area contributed by atoms with Crippen molar-refractivity contribution in [3.63, 3.8) is 0 Å². The van der Waals surface area contributed by atoms with Crippen molar-refractivity contribution in [2.75, 3.05) is 26.1 Å². The minimum Gasteiger partial charge on any atom is -0.489 e. The van der Waals surface area contributed by atoms with Crippen molar-refractivity contribution in [2.45, 2.75) is 51.4 Å². The molecule has 8 heteroatoms. The average Bonchev–Trinajstić information content (AvgIpc) is 3.37. The largest absolute Gasteiger partial charge is 0.489 e. The maximum Gasteiger partial charge on any atom is 0.143 e. The Kier molecular flexibility index (Phi) is 5.35. The summed E-state index contributed by atoms with van der Waals surface area (Å²) in [4.78, 5) is 17.0. The lowest BCUT2D eigenvalue weighted by atomic mass is 9.83. The van der Waals surface area contributed by atoms with E-state index in [-0.39, 0.29) is 11.7 Å². The smallest absolute Gasteiger partial charge is 0.143 e. The van der Waals surface area contributed by atoms with Gasteiger partial charge < -0.3 is 24.5 Å². The molecule has 0 saturated carbocycles. The van der Waals surface area contributed by atoms with E-state index in [4.69, 9.17) is 14.2 Å². The number of hydrogen-bond donors (Lipinski definition) is 2. The van der Waals surface area contributed by atoms with Crippen molar-refractivity contribution in [1.29, 1.82) is 0 Å². The highest BCUT2D eigenvalue weighted by molar-refractivity contribution is 5.95. The van der Waals surface area contributed by atoms with Crippen LogP contribution in [0.3, 0.4) is 0 Å². The van der Waals surface area contributed by atoms with Gasteiger partial charge in [-0.15, -0.1) is 0 Å². The zero-order chi connectivity index (χ0) is 22.3. The third kappa shape index (κ3) is 3.63. The van der Waals surface area contributed by atoms with Crippen molar-refractivity contribution in [3.05, 3.63) is 40.8 Å². The number of anilines is 2. The van der Waals surface area contributed by atoms with E-state index in [1.165, 1.54) is 16.8 Å². The van der Waals surface area contributed by atoms with Gasteiger partial charge in [0, 0.05) is 32.5 Å². The number of aromatic nitrogens is 3. The number of benzene rings is 1. The molecule has 0 spiro atoms. The Bertz CT molecular complexity index is 1190. The van der Waals surface area contributed by atoms with Gasteiger partial charge in [0.15, 0.2) is 0 Å². The van der Waals surface area contributed by atoms with Crippen LogP contribution in [0.1, 0.15) is 42.7 Å². The van der Waals surface area contributed by atoms with Gasteiger partial charge in [-0.2, -0.15) is 0 Å². The number of H-pyrrole nitrogens is 1. The molecule has 0 amide bonds. The number of fused-ring (bicyclic) bond motifs is 4. The molecule has 2 N–H and O–H groups in total. The Labute approximate surface area is 187 Å². The quantitative estimate of drug-likeness (QED) is 0.584. The molecule has 2 aliphatic rings. The van der Waals surface area contributed by atoms with Gasteiger partial charge in [0.2, 0.25) is 0 Å². The first-order chi connectivity index (χ1) is 15.5. The minimum atomic E-state index is -0.347. The summed E-state index contributed by atoms with van der Waals surface area (Å²) in [5.41, 5.74) is 5.98. The molecule has 1 aromatic carbocycles. The fraction of sp³-hybridized carbons (Fsp3) is 0.458. The topological polar surface area (TPSA) is 93.7 Å². The lowest BCUT2D eigenvalue weighted by Crippen LogP contribution is -2.42. The van der Waals surface area contributed by atoms with Crippen LogP contribution >= 0.6 is 0 Å². The Hall–Kier alpha value is -2.97. The maximum atomic E-state index is 6.13. The number of ether oxygens (including phenoxy) is 3. The maximum absolute atomic E-state index is 6.13. The second-order valence-corrected chi connectivity index (χ2v) is 8.83. The SMILES string of the molecule is COCC1(OC)CCc2[nH]c3ncnc(Nc4cc5c(cc4OC(C)C)CN=C5)c3c2C1. The fourth-order valence-electron chi connectivity index (χ4n) is 4.74. The normalized spacial score (nSPS) is 19.4. The van der Waals surface area contributed by atoms with Crippen LogP contribution in [0.15, 0.2) is 23.5 Å². The van der Waals surface area contributed by atoms with Gasteiger partial charge in [0.1, 0.15) is 23.5 Å². The molecule has 0 bridgehead atoms. The van der Waals surface area contributed by atoms with Gasteiger partial charge in [0.05, 0.1) is 35.9 Å². The molecule has 0 radical (unpaired) electrons. The molecule has 3 heterocycles. The van der Waals surface area contributed by atoms with Crippen molar-refractivity contribution in [2.24, 2.45) is 4.99 Å². The molecule has 0 saturated heterocycles. The van der Waals surface area contributed by atoms with Crippen LogP contribution in [0, 0.1) is 0 Å². The van der Waals surface area contributed by atoms with Crippen LogP contribution in [0.5, 0.6) is 5.75 Å². The lowest BCUT2D eigenvalue weighted by Gasteiger charge is -2.35. The van der Waals surface area contributed by atoms with E-state index in [1.54, 1.807) is 20.5 Å². The number of aliphatic imine (C=N–C) groups is 1. The number of nitrogens with zero attached hydrogens (tertiary/aromatic N) is 3. The Morgan fingerprint density at radius 1 is 1.22 bits per heavy atom. The minimum absolute atomic E-state index is 0.0534. The van der Waals surface area contributed by atoms with Gasteiger partial charge in [-0.3, -0.25) is 4.99 Å². The highest BCUT2D eigenvalue weighted by Gasteiger charge is 2.37. The molecule has 168 valence electrons. The first-order valence-corrected chi connectivity index (χ1v) is 11.0. The van der Waals surface area contributed by atoms with Gasteiger partial charge >= 0.3 is 0 Å². The predicted octanol–water partition coefficient (Wildman–Crippen LogP) is 3.94. The third-order valence-corrected chi connectivity index (χ3v) is 6.30. The molecule has 1 unspecified atom stereocenters. The Morgan fingerprint density at radius 3 is 2.88 bits per heavy atom. The summed E-state index contributed by atoms with van der Waals surface area (Å²) >= 11 is 0. The lowest BCUT2D eigenvalue weighted by molar-refractivity contribution is -0.0721. The number of rotatable bonds is 7. The van der Waals surface area contributed by atoms with Gasteiger partial charge in [0.25, 0.3) is 0 Å². The number of aromatic amines is 1. The molecule has 32 heavy (non-hydrogen) atoms. The molecule has 1 atom stereocenters. The third-order valence-electron chi connectivity index (χ3n) is 6.30. The molecular formula is C24H29N5O3. The highest BCUT2D eigenvalue weighted by Crippen LogP contribution is 2.40. The standard InChI is InChI=1S/C24H29N5O3/c1-14(2)32-20-8-16-11-25-10-15(16)7-19(20)29-23-21-17-9-24(31-4,12-30-3)6-5-18(17)28-22(21)26-13-27-23/h7-8,10,13-14H,5-6,9,11-12H2,1-4H3,(H2,26,27,28,29). The van der Waals surface area contributed by atoms with Crippen molar-refractivity contribution in [3.8, 4) is 5.75 Å². The number of nitrogens with one attached hydrogen (secondary N) is 2. The van der Waals surface area contributed by atoms with Crippen molar-refractivity contribution < 1.29 is 14.2 Å². The second kappa shape index (κ2) is 8.18. The van der Waals surface area contributed by atoms with Crippen LogP contribution in [0.2, 0.25) is 0 Å². The first-order valence-electron chi connectivity index (χ1n) is 11.0. The summed E-state index contributed by atoms with van der Waals surface area (Å²) in [7, 11) is 3.48. The van der Waals surface area contributed by atoms with E-state index in [1.807, 2.05) is 20.1 Å². The fourth-order valence-corrected chi connectivity index (χ4v) is 4.74. The second-order valence-electron chi connectivity index (χ2n) is 8.83. The molecule has 0 fully saturated rings. The van der Waals surface area contributed by atoms with Crippen LogP contribution in [-0.2, 0) is 28.9 Å². The van der Waals surface area contributed by atoms with E-state index in [9.17, 15) is 0 Å². The molecule has 5 rings (SSSR count). The van der Waals surface area contributed by atoms with Crippen LogP contribution in [0.4, 0.5) is 11.5 Å². The van der Waals surface area contributed by atoms with Crippen molar-refractivity contribution >= 4 is 28.8 Å². The summed E-state index contributed by atoms with van der Waals surface area (Å²) in [6, 6.07) is 4.16. The van der Waals surface area contributed by atoms with E-state index < -0.39 is 0 Å². The van der Waals surface area contributed by atoms with E-state index in [0.717, 1.165) is 53.1 Å². The number of aryl methyl sites for hydroxylation is 1. The molecule has 8 nitrogen and oxygen atoms in total. The summed E-state index contributed by atoms with van der Waals surface area (Å²) < 4.78 is 17.5. The van der Waals surface area contributed by atoms with E-state index in [2.05, 4.69) is 37.4 Å². The zero-order valence-corrected chi connectivity index (χ0v) is 19.0. The highest BCUT2D eigenvalue weighted by atomic mass is 16.5. The molecule has 3 aromatic rings. The molecule has 1 aliphatic carbocycles. The van der Waals surface area contributed by atoms with Gasteiger partial charge in [-0.05, 0) is 55.5 Å². The van der Waals surface area contributed by atoms with E-state index in [0.29, 0.717) is 13.2 Å². The molecular weight excluding hydrogens is 406 g/mol. The summed E-state index contributed by atoms with van der Waals surface area (Å²) in [6.45, 7) is 5.28. The van der Waals surface area contributed by atoms with Gasteiger partial charge in [-0.1, -0.05) is 0 Å². The number of hydrogen-bond acceptors (Lipinski definition) is 7.